The molecule has 0 spiro atoms. The molecule has 0 aliphatic heterocycles. The first kappa shape index (κ1) is 12.4. The van der Waals surface area contributed by atoms with Gasteiger partial charge in [-0.25, -0.2) is 0 Å². The molecule has 1 aromatic carbocycles. The molecule has 0 aromatic heterocycles. The molecule has 86 valence electrons. The van der Waals surface area contributed by atoms with Gasteiger partial charge in [0.15, 0.2) is 0 Å². The monoisotopic (exact) mass is 219 g/mol. The molecular weight excluding hydrogens is 202 g/mol. The van der Waals surface area contributed by atoms with Crippen LogP contribution in [0.3, 0.4) is 0 Å². The largest absolute Gasteiger partial charge is 0.309 e. The Kier molecular flexibility index (Phi) is 3.82. The van der Waals surface area contributed by atoms with Gasteiger partial charge in [-0.1, -0.05) is 26.0 Å². The van der Waals surface area contributed by atoms with Gasteiger partial charge in [-0.15, -0.1) is 0 Å². The minimum atomic E-state index is -0.489. The lowest BCUT2D eigenvalue weighted by molar-refractivity contribution is -0.134. The van der Waals surface area contributed by atoms with Crippen LogP contribution in [-0.2, 0) is 9.59 Å². The highest BCUT2D eigenvalue weighted by molar-refractivity contribution is 6.40. The van der Waals surface area contributed by atoms with Crippen molar-refractivity contribution in [1.82, 2.24) is 0 Å². The Morgan fingerprint density at radius 1 is 1.12 bits per heavy atom. The summed E-state index contributed by atoms with van der Waals surface area (Å²) in [7, 11) is 1.61. The van der Waals surface area contributed by atoms with Gasteiger partial charge in [0, 0.05) is 19.7 Å². The fraction of sp³-hybridized carbons (Fsp3) is 0.385. The quantitative estimate of drug-likeness (QED) is 0.732. The van der Waals surface area contributed by atoms with Crippen LogP contribution in [0.4, 0.5) is 5.69 Å². The third-order valence-corrected chi connectivity index (χ3v) is 2.55. The van der Waals surface area contributed by atoms with Crippen LogP contribution < -0.4 is 4.90 Å². The number of hydrogen-bond donors (Lipinski definition) is 0. The van der Waals surface area contributed by atoms with E-state index in [0.717, 1.165) is 5.69 Å². The van der Waals surface area contributed by atoms with E-state index in [4.69, 9.17) is 0 Å². The van der Waals surface area contributed by atoms with Crippen LogP contribution in [-0.4, -0.2) is 18.7 Å². The highest BCUT2D eigenvalue weighted by Crippen LogP contribution is 2.19. The average Bonchev–Trinajstić information content (AvgIpc) is 2.27. The van der Waals surface area contributed by atoms with Crippen LogP contribution in [0, 0.1) is 0 Å². The van der Waals surface area contributed by atoms with Gasteiger partial charge in [0.25, 0.3) is 5.91 Å². The zero-order valence-corrected chi connectivity index (χ0v) is 10.2. The Hall–Kier alpha value is -1.64. The number of amides is 1. The lowest BCUT2D eigenvalue weighted by atomic mass is 10.0. The van der Waals surface area contributed by atoms with E-state index in [2.05, 4.69) is 13.8 Å². The van der Waals surface area contributed by atoms with E-state index in [-0.39, 0.29) is 0 Å². The molecule has 16 heavy (non-hydrogen) atoms. The second-order valence-electron chi connectivity index (χ2n) is 4.17. The van der Waals surface area contributed by atoms with Crippen LogP contribution in [0.2, 0.25) is 0 Å². The summed E-state index contributed by atoms with van der Waals surface area (Å²) in [6.07, 6.45) is 0. The lowest BCUT2D eigenvalue weighted by Gasteiger charge is -2.16. The zero-order valence-electron chi connectivity index (χ0n) is 10.2. The molecule has 0 fully saturated rings. The topological polar surface area (TPSA) is 37.4 Å². The normalized spacial score (nSPS) is 10.3. The van der Waals surface area contributed by atoms with Gasteiger partial charge in [-0.2, -0.15) is 0 Å². The van der Waals surface area contributed by atoms with Gasteiger partial charge in [0.05, 0.1) is 0 Å². The summed E-state index contributed by atoms with van der Waals surface area (Å²) in [6, 6.07) is 7.67. The maximum Gasteiger partial charge on any atom is 0.293 e. The number of benzene rings is 1. The molecule has 0 N–H and O–H groups in total. The lowest BCUT2D eigenvalue weighted by Crippen LogP contribution is -2.31. The molecular formula is C13H17NO2. The van der Waals surface area contributed by atoms with Crippen molar-refractivity contribution in [1.29, 1.82) is 0 Å². The summed E-state index contributed by atoms with van der Waals surface area (Å²) in [5.74, 6) is -0.476. The number of anilines is 1. The van der Waals surface area contributed by atoms with Crippen LogP contribution in [0.15, 0.2) is 24.3 Å². The molecule has 0 saturated carbocycles. The van der Waals surface area contributed by atoms with Crippen molar-refractivity contribution in [2.45, 2.75) is 26.7 Å². The number of hydrogen-bond acceptors (Lipinski definition) is 2. The third kappa shape index (κ3) is 2.69. The van der Waals surface area contributed by atoms with E-state index >= 15 is 0 Å². The van der Waals surface area contributed by atoms with Gasteiger partial charge >= 0.3 is 0 Å². The maximum atomic E-state index is 11.4. The Morgan fingerprint density at radius 3 is 2.00 bits per heavy atom. The molecule has 1 rings (SSSR count). The molecule has 0 radical (unpaired) electrons. The Balaban J connectivity index is 2.89. The second-order valence-corrected chi connectivity index (χ2v) is 4.17. The highest BCUT2D eigenvalue weighted by Gasteiger charge is 2.15. The van der Waals surface area contributed by atoms with Crippen molar-refractivity contribution in [3.05, 3.63) is 29.8 Å². The molecule has 0 unspecified atom stereocenters. The van der Waals surface area contributed by atoms with Crippen LogP contribution in [0.1, 0.15) is 32.3 Å². The number of carbonyl (C=O) groups is 2. The smallest absolute Gasteiger partial charge is 0.293 e. The molecule has 3 heteroatoms. The number of nitrogens with zero attached hydrogens (tertiary/aromatic N) is 1. The van der Waals surface area contributed by atoms with Crippen molar-refractivity contribution in [3.8, 4) is 0 Å². The van der Waals surface area contributed by atoms with Gasteiger partial charge in [0.2, 0.25) is 5.78 Å². The zero-order chi connectivity index (χ0) is 12.3. The number of rotatable bonds is 3. The average molecular weight is 219 g/mol. The first-order valence-electron chi connectivity index (χ1n) is 5.32. The summed E-state index contributed by atoms with van der Waals surface area (Å²) in [4.78, 5) is 23.7. The van der Waals surface area contributed by atoms with Gasteiger partial charge < -0.3 is 4.90 Å². The molecule has 1 amide bonds. The van der Waals surface area contributed by atoms with E-state index in [1.54, 1.807) is 7.05 Å². The number of likely N-dealkylation sites (N-methyl/N-ethyl adjacent to an activating group) is 1. The van der Waals surface area contributed by atoms with Crippen molar-refractivity contribution < 1.29 is 9.59 Å². The summed E-state index contributed by atoms with van der Waals surface area (Å²) in [5.41, 5.74) is 1.96. The fourth-order valence-electron chi connectivity index (χ4n) is 1.44. The van der Waals surface area contributed by atoms with E-state index < -0.39 is 11.7 Å². The maximum absolute atomic E-state index is 11.4. The molecule has 0 heterocycles. The minimum Gasteiger partial charge on any atom is -0.309 e. The Labute approximate surface area is 96.1 Å². The fourth-order valence-corrected chi connectivity index (χ4v) is 1.44. The summed E-state index contributed by atoms with van der Waals surface area (Å²) < 4.78 is 0. The van der Waals surface area contributed by atoms with Crippen LogP contribution >= 0.6 is 0 Å². The molecule has 3 nitrogen and oxygen atoms in total. The van der Waals surface area contributed by atoms with Crippen molar-refractivity contribution >= 4 is 17.4 Å². The van der Waals surface area contributed by atoms with Crippen LogP contribution in [0.5, 0.6) is 0 Å². The van der Waals surface area contributed by atoms with E-state index in [1.807, 2.05) is 24.3 Å². The predicted octanol–water partition coefficient (Wildman–Crippen LogP) is 2.36. The first-order valence-corrected chi connectivity index (χ1v) is 5.32. The van der Waals surface area contributed by atoms with E-state index in [0.29, 0.717) is 5.92 Å². The van der Waals surface area contributed by atoms with Crippen molar-refractivity contribution in [3.63, 3.8) is 0 Å². The molecule has 0 bridgehead atoms. The standard InChI is InChI=1S/C13H17NO2/c1-9(2)11-5-7-12(8-6-11)14(4)13(16)10(3)15/h5-9H,1-4H3. The Morgan fingerprint density at radius 2 is 1.62 bits per heavy atom. The number of Topliss-reactive ketones (excluding diaryl/α,β-unsaturated/α-hetero) is 1. The predicted molar refractivity (Wildman–Crippen MR) is 64.6 cm³/mol. The molecule has 0 aliphatic carbocycles. The van der Waals surface area contributed by atoms with Crippen LogP contribution in [0.25, 0.3) is 0 Å². The van der Waals surface area contributed by atoms with Gasteiger partial charge in [0.1, 0.15) is 0 Å². The summed E-state index contributed by atoms with van der Waals surface area (Å²) in [5, 5.41) is 0. The van der Waals surface area contributed by atoms with Gasteiger partial charge in [-0.3, -0.25) is 9.59 Å². The number of carbonyl (C=O) groups excluding carboxylic acids is 2. The van der Waals surface area contributed by atoms with E-state index in [1.165, 1.54) is 17.4 Å². The van der Waals surface area contributed by atoms with Gasteiger partial charge in [-0.05, 0) is 23.6 Å². The van der Waals surface area contributed by atoms with Crippen molar-refractivity contribution in [2.24, 2.45) is 0 Å². The van der Waals surface area contributed by atoms with E-state index in [9.17, 15) is 9.59 Å². The third-order valence-electron chi connectivity index (χ3n) is 2.55. The highest BCUT2D eigenvalue weighted by atomic mass is 16.2. The SMILES string of the molecule is CC(=O)C(=O)N(C)c1ccc(C(C)C)cc1. The summed E-state index contributed by atoms with van der Waals surface area (Å²) >= 11 is 0. The molecule has 0 aliphatic rings. The molecule has 0 atom stereocenters. The first-order chi connectivity index (χ1) is 7.43. The van der Waals surface area contributed by atoms with Crippen molar-refractivity contribution in [2.75, 3.05) is 11.9 Å². The number of ketones is 1. The summed E-state index contributed by atoms with van der Waals surface area (Å²) in [6.45, 7) is 5.50. The minimum absolute atomic E-state index is 0.449. The Bertz CT molecular complexity index is 393. The molecule has 0 saturated heterocycles. The second kappa shape index (κ2) is 4.92. The molecule has 1 aromatic rings.